The monoisotopic (exact) mass is 272 g/mol. The molecule has 1 aromatic carbocycles. The Bertz CT molecular complexity index is 619. The number of hydrogen-bond acceptors (Lipinski definition) is 4. The van der Waals surface area contributed by atoms with Crippen LogP contribution < -0.4 is 5.32 Å². The highest BCUT2D eigenvalue weighted by Crippen LogP contribution is 2.19. The van der Waals surface area contributed by atoms with Crippen LogP contribution in [0.15, 0.2) is 36.7 Å². The lowest BCUT2D eigenvalue weighted by Gasteiger charge is -2.08. The van der Waals surface area contributed by atoms with E-state index in [0.29, 0.717) is 12.6 Å². The Morgan fingerprint density at radius 3 is 3.05 bits per heavy atom. The SMILES string of the molecule is O=[N+]([O-])c1cccc(Cn2ccnc2CNC2CC2)c1. The third-order valence-corrected chi connectivity index (χ3v) is 3.40. The lowest BCUT2D eigenvalue weighted by molar-refractivity contribution is -0.384. The van der Waals surface area contributed by atoms with Gasteiger partial charge in [-0.15, -0.1) is 0 Å². The molecule has 0 radical (unpaired) electrons. The molecule has 0 saturated heterocycles. The van der Waals surface area contributed by atoms with Crippen LogP contribution in [-0.4, -0.2) is 20.5 Å². The first-order chi connectivity index (χ1) is 9.72. The van der Waals surface area contributed by atoms with Crippen LogP contribution in [0.25, 0.3) is 0 Å². The van der Waals surface area contributed by atoms with Gasteiger partial charge in [0.05, 0.1) is 11.5 Å². The number of imidazole rings is 1. The third-order valence-electron chi connectivity index (χ3n) is 3.40. The van der Waals surface area contributed by atoms with Gasteiger partial charge in [-0.3, -0.25) is 10.1 Å². The van der Waals surface area contributed by atoms with Crippen molar-refractivity contribution in [2.45, 2.75) is 32.0 Å². The molecule has 20 heavy (non-hydrogen) atoms. The topological polar surface area (TPSA) is 73.0 Å². The van der Waals surface area contributed by atoms with E-state index in [2.05, 4.69) is 10.3 Å². The fourth-order valence-corrected chi connectivity index (χ4v) is 2.14. The molecule has 2 aromatic rings. The van der Waals surface area contributed by atoms with Crippen LogP contribution in [0.3, 0.4) is 0 Å². The lowest BCUT2D eigenvalue weighted by atomic mass is 10.2. The summed E-state index contributed by atoms with van der Waals surface area (Å²) in [6.07, 6.45) is 6.15. The molecular weight excluding hydrogens is 256 g/mol. The molecule has 0 unspecified atom stereocenters. The van der Waals surface area contributed by atoms with Gasteiger partial charge >= 0.3 is 0 Å². The molecule has 1 saturated carbocycles. The zero-order valence-electron chi connectivity index (χ0n) is 11.0. The van der Waals surface area contributed by atoms with E-state index in [0.717, 1.165) is 17.9 Å². The van der Waals surface area contributed by atoms with E-state index in [1.54, 1.807) is 18.3 Å². The molecular formula is C14H16N4O2. The van der Waals surface area contributed by atoms with Crippen molar-refractivity contribution in [2.75, 3.05) is 0 Å². The molecule has 0 aliphatic heterocycles. The van der Waals surface area contributed by atoms with Gasteiger partial charge in [-0.05, 0) is 18.4 Å². The fraction of sp³-hybridized carbons (Fsp3) is 0.357. The van der Waals surface area contributed by atoms with E-state index in [1.165, 1.54) is 18.9 Å². The molecule has 6 heteroatoms. The number of nitrogens with zero attached hydrogens (tertiary/aromatic N) is 3. The normalized spacial score (nSPS) is 14.4. The van der Waals surface area contributed by atoms with Gasteiger partial charge in [-0.25, -0.2) is 4.98 Å². The van der Waals surface area contributed by atoms with Crippen molar-refractivity contribution in [3.05, 3.63) is 58.2 Å². The molecule has 1 fully saturated rings. The summed E-state index contributed by atoms with van der Waals surface area (Å²) in [5.74, 6) is 0.961. The number of hydrogen-bond donors (Lipinski definition) is 1. The summed E-state index contributed by atoms with van der Waals surface area (Å²) in [4.78, 5) is 14.8. The van der Waals surface area contributed by atoms with Gasteiger partial charge in [-0.1, -0.05) is 12.1 Å². The molecule has 0 spiro atoms. The summed E-state index contributed by atoms with van der Waals surface area (Å²) in [5, 5.41) is 14.2. The maximum Gasteiger partial charge on any atom is 0.269 e. The van der Waals surface area contributed by atoms with Gasteiger partial charge in [0.15, 0.2) is 0 Å². The first-order valence-corrected chi connectivity index (χ1v) is 6.69. The van der Waals surface area contributed by atoms with E-state index < -0.39 is 0 Å². The second-order valence-corrected chi connectivity index (χ2v) is 5.05. The van der Waals surface area contributed by atoms with Crippen LogP contribution in [0, 0.1) is 10.1 Å². The molecule has 6 nitrogen and oxygen atoms in total. The van der Waals surface area contributed by atoms with Gasteiger partial charge in [0, 0.05) is 37.1 Å². The summed E-state index contributed by atoms with van der Waals surface area (Å²) >= 11 is 0. The summed E-state index contributed by atoms with van der Waals surface area (Å²) < 4.78 is 2.02. The molecule has 1 heterocycles. The minimum absolute atomic E-state index is 0.125. The minimum Gasteiger partial charge on any atom is -0.329 e. The number of benzene rings is 1. The molecule has 104 valence electrons. The van der Waals surface area contributed by atoms with Crippen molar-refractivity contribution < 1.29 is 4.92 Å². The van der Waals surface area contributed by atoms with E-state index in [4.69, 9.17) is 0 Å². The molecule has 3 rings (SSSR count). The standard InChI is InChI=1S/C14H16N4O2/c19-18(20)13-3-1-2-11(8-13)10-17-7-6-15-14(17)9-16-12-4-5-12/h1-3,6-8,12,16H,4-5,9-10H2. The van der Waals surface area contributed by atoms with E-state index in [9.17, 15) is 10.1 Å². The Morgan fingerprint density at radius 2 is 2.30 bits per heavy atom. The van der Waals surface area contributed by atoms with Gasteiger partial charge in [0.2, 0.25) is 0 Å². The van der Waals surface area contributed by atoms with E-state index in [-0.39, 0.29) is 10.6 Å². The van der Waals surface area contributed by atoms with Gasteiger partial charge < -0.3 is 9.88 Å². The Hall–Kier alpha value is -2.21. The van der Waals surface area contributed by atoms with Gasteiger partial charge in [0.25, 0.3) is 5.69 Å². The quantitative estimate of drug-likeness (QED) is 0.645. The summed E-state index contributed by atoms with van der Waals surface area (Å²) in [7, 11) is 0. The Balaban J connectivity index is 1.71. The van der Waals surface area contributed by atoms with E-state index >= 15 is 0 Å². The number of nitrogens with one attached hydrogen (secondary N) is 1. The molecule has 0 amide bonds. The van der Waals surface area contributed by atoms with Crippen molar-refractivity contribution in [3.63, 3.8) is 0 Å². The second kappa shape index (κ2) is 5.42. The minimum atomic E-state index is -0.368. The average molecular weight is 272 g/mol. The number of non-ortho nitro benzene ring substituents is 1. The first-order valence-electron chi connectivity index (χ1n) is 6.69. The zero-order valence-corrected chi connectivity index (χ0v) is 11.0. The Morgan fingerprint density at radius 1 is 1.45 bits per heavy atom. The lowest BCUT2D eigenvalue weighted by Crippen LogP contribution is -2.19. The molecule has 1 aliphatic carbocycles. The smallest absolute Gasteiger partial charge is 0.269 e. The second-order valence-electron chi connectivity index (χ2n) is 5.05. The molecule has 0 bridgehead atoms. The van der Waals surface area contributed by atoms with Crippen LogP contribution in [-0.2, 0) is 13.1 Å². The van der Waals surface area contributed by atoms with Crippen LogP contribution in [0.5, 0.6) is 0 Å². The van der Waals surface area contributed by atoms with E-state index in [1.807, 2.05) is 16.8 Å². The fourth-order valence-electron chi connectivity index (χ4n) is 2.14. The predicted molar refractivity (Wildman–Crippen MR) is 74.3 cm³/mol. The average Bonchev–Trinajstić information content (AvgIpc) is 3.17. The molecule has 1 N–H and O–H groups in total. The van der Waals surface area contributed by atoms with Crippen molar-refractivity contribution in [1.82, 2.24) is 14.9 Å². The third kappa shape index (κ3) is 3.03. The number of nitro benzene ring substituents is 1. The van der Waals surface area contributed by atoms with Crippen LogP contribution in [0.1, 0.15) is 24.2 Å². The number of nitro groups is 1. The summed E-state index contributed by atoms with van der Waals surface area (Å²) in [6, 6.07) is 7.36. The molecule has 1 aromatic heterocycles. The van der Waals surface area contributed by atoms with Crippen LogP contribution in [0.2, 0.25) is 0 Å². The Kier molecular flexibility index (Phi) is 3.47. The highest BCUT2D eigenvalue weighted by Gasteiger charge is 2.20. The highest BCUT2D eigenvalue weighted by atomic mass is 16.6. The maximum absolute atomic E-state index is 10.8. The number of rotatable bonds is 6. The molecule has 1 aliphatic rings. The van der Waals surface area contributed by atoms with Crippen molar-refractivity contribution in [1.29, 1.82) is 0 Å². The number of aromatic nitrogens is 2. The zero-order chi connectivity index (χ0) is 13.9. The highest BCUT2D eigenvalue weighted by molar-refractivity contribution is 5.34. The summed E-state index contributed by atoms with van der Waals surface area (Å²) in [5.41, 5.74) is 1.03. The maximum atomic E-state index is 10.8. The van der Waals surface area contributed by atoms with Crippen LogP contribution >= 0.6 is 0 Å². The predicted octanol–water partition coefficient (Wildman–Crippen LogP) is 2.09. The van der Waals surface area contributed by atoms with Crippen LogP contribution in [0.4, 0.5) is 5.69 Å². The summed E-state index contributed by atoms with van der Waals surface area (Å²) in [6.45, 7) is 1.34. The van der Waals surface area contributed by atoms with Gasteiger partial charge in [-0.2, -0.15) is 0 Å². The molecule has 0 atom stereocenters. The Labute approximate surface area is 116 Å². The first kappa shape index (κ1) is 12.8. The van der Waals surface area contributed by atoms with Crippen molar-refractivity contribution in [3.8, 4) is 0 Å². The largest absolute Gasteiger partial charge is 0.329 e. The van der Waals surface area contributed by atoms with Crippen molar-refractivity contribution >= 4 is 5.69 Å². The van der Waals surface area contributed by atoms with Gasteiger partial charge in [0.1, 0.15) is 5.82 Å². The van der Waals surface area contributed by atoms with Crippen molar-refractivity contribution in [2.24, 2.45) is 0 Å².